The maximum atomic E-state index is 12.2. The number of hydrogen-bond donors (Lipinski definition) is 0. The molecule has 0 amide bonds. The molecule has 1 aromatic carbocycles. The Morgan fingerprint density at radius 1 is 1.07 bits per heavy atom. The number of aromatic nitrogens is 2. The minimum Gasteiger partial charge on any atom is -0.450 e. The van der Waals surface area contributed by atoms with Crippen molar-refractivity contribution >= 4 is 11.8 Å². The zero-order chi connectivity index (χ0) is 20.4. The number of hydrogen-bond acceptors (Lipinski definition) is 5. The predicted octanol–water partition coefficient (Wildman–Crippen LogP) is 4.40. The number of ketones is 1. The summed E-state index contributed by atoms with van der Waals surface area (Å²) in [6.45, 7) is 3.93. The van der Waals surface area contributed by atoms with Crippen molar-refractivity contribution in [2.75, 3.05) is 0 Å². The van der Waals surface area contributed by atoms with Crippen molar-refractivity contribution in [1.82, 2.24) is 9.97 Å². The lowest BCUT2D eigenvalue weighted by molar-refractivity contribution is -0.122. The largest absolute Gasteiger partial charge is 0.450 e. The second kappa shape index (κ2) is 11.0. The van der Waals surface area contributed by atoms with Gasteiger partial charge >= 0.3 is 5.97 Å². The Bertz CT molecular complexity index is 820. The molecule has 0 aliphatic carbocycles. The van der Waals surface area contributed by atoms with Gasteiger partial charge in [-0.1, -0.05) is 45.2 Å². The van der Waals surface area contributed by atoms with Gasteiger partial charge in [-0.3, -0.25) is 4.79 Å². The molecule has 0 fully saturated rings. The van der Waals surface area contributed by atoms with Gasteiger partial charge in [-0.2, -0.15) is 0 Å². The molecule has 0 N–H and O–H groups in total. The fourth-order valence-corrected chi connectivity index (χ4v) is 2.76. The van der Waals surface area contributed by atoms with Crippen LogP contribution in [-0.2, 0) is 16.0 Å². The average Bonchev–Trinajstić information content (AvgIpc) is 2.75. The van der Waals surface area contributed by atoms with Crippen molar-refractivity contribution in [3.8, 4) is 23.7 Å². The van der Waals surface area contributed by atoms with Gasteiger partial charge in [0.2, 0.25) is 5.78 Å². The molecule has 0 saturated heterocycles. The van der Waals surface area contributed by atoms with E-state index in [9.17, 15) is 9.59 Å². The van der Waals surface area contributed by atoms with Crippen LogP contribution in [0.25, 0.3) is 11.4 Å². The molecule has 5 nitrogen and oxygen atoms in total. The lowest BCUT2D eigenvalue weighted by atomic mass is 10.1. The lowest BCUT2D eigenvalue weighted by Crippen LogP contribution is -2.25. The Kier molecular flexibility index (Phi) is 8.36. The summed E-state index contributed by atoms with van der Waals surface area (Å²) < 4.78 is 5.19. The molecule has 0 spiro atoms. The highest BCUT2D eigenvalue weighted by Gasteiger charge is 2.20. The Hall–Kier alpha value is -3.00. The molecule has 5 heteroatoms. The first-order valence-electron chi connectivity index (χ1n) is 9.71. The van der Waals surface area contributed by atoms with Gasteiger partial charge in [-0.25, -0.2) is 14.8 Å². The van der Waals surface area contributed by atoms with E-state index in [4.69, 9.17) is 11.2 Å². The van der Waals surface area contributed by atoms with E-state index in [0.717, 1.165) is 24.0 Å². The minimum absolute atomic E-state index is 0.339. The van der Waals surface area contributed by atoms with E-state index < -0.39 is 17.9 Å². The number of unbranched alkanes of at least 4 members (excludes halogenated alkanes) is 3. The van der Waals surface area contributed by atoms with Crippen LogP contribution in [0.15, 0.2) is 36.7 Å². The van der Waals surface area contributed by atoms with Gasteiger partial charge in [-0.05, 0) is 42.9 Å². The van der Waals surface area contributed by atoms with E-state index in [2.05, 4.69) is 16.9 Å². The van der Waals surface area contributed by atoms with E-state index in [-0.39, 0.29) is 0 Å². The number of benzene rings is 1. The highest BCUT2D eigenvalue weighted by molar-refractivity contribution is 6.00. The van der Waals surface area contributed by atoms with Gasteiger partial charge in [0, 0.05) is 18.0 Å². The number of carbonyl (C=O) groups excluding carboxylic acids is 2. The Labute approximate surface area is 166 Å². The molecule has 1 aromatic heterocycles. The summed E-state index contributed by atoms with van der Waals surface area (Å²) in [5.74, 6) is 1.49. The fraction of sp³-hybridized carbons (Fsp3) is 0.391. The van der Waals surface area contributed by atoms with Crippen LogP contribution in [0, 0.1) is 12.3 Å². The summed E-state index contributed by atoms with van der Waals surface area (Å²) >= 11 is 0. The number of rotatable bonds is 10. The molecule has 0 saturated carbocycles. The number of nitrogens with zero attached hydrogens (tertiary/aromatic N) is 2. The second-order valence-corrected chi connectivity index (χ2v) is 6.61. The number of carbonyl (C=O) groups is 2. The topological polar surface area (TPSA) is 69.2 Å². The summed E-state index contributed by atoms with van der Waals surface area (Å²) in [7, 11) is 0. The molecule has 28 heavy (non-hydrogen) atoms. The highest BCUT2D eigenvalue weighted by atomic mass is 16.5. The van der Waals surface area contributed by atoms with Gasteiger partial charge < -0.3 is 4.74 Å². The summed E-state index contributed by atoms with van der Waals surface area (Å²) in [6.07, 6.45) is 14.1. The summed E-state index contributed by atoms with van der Waals surface area (Å²) in [5, 5.41) is 0. The quantitative estimate of drug-likeness (QED) is 0.265. The van der Waals surface area contributed by atoms with E-state index in [1.165, 1.54) is 19.3 Å². The van der Waals surface area contributed by atoms with Crippen LogP contribution < -0.4 is 0 Å². The number of Topliss-reactive ketones (excluding diaryl/α,β-unsaturated/α-hetero) is 1. The molecular weight excluding hydrogens is 352 g/mol. The van der Waals surface area contributed by atoms with Gasteiger partial charge in [0.05, 0.1) is 5.56 Å². The third-order valence-electron chi connectivity index (χ3n) is 4.46. The third kappa shape index (κ3) is 6.02. The summed E-state index contributed by atoms with van der Waals surface area (Å²) in [5.41, 5.74) is 2.28. The molecule has 0 aliphatic rings. The molecule has 2 rings (SSSR count). The standard InChI is InChI=1S/C23H26N2O3/c1-4-7-8-9-10-17-15-24-22(25-16-17)18-11-13-19(14-12-18)23(27)28-21(6-3)20(26)5-2/h2,11-16,21H,4,6-10H2,1,3H3. The third-order valence-corrected chi connectivity index (χ3v) is 4.46. The maximum Gasteiger partial charge on any atom is 0.338 e. The minimum atomic E-state index is -0.912. The van der Waals surface area contributed by atoms with E-state index in [0.29, 0.717) is 17.8 Å². The molecule has 1 unspecified atom stereocenters. The number of esters is 1. The number of aryl methyl sites for hydroxylation is 1. The Morgan fingerprint density at radius 3 is 2.32 bits per heavy atom. The number of terminal acetylenes is 1. The molecule has 0 bridgehead atoms. The van der Waals surface area contributed by atoms with Gasteiger partial charge in [0.1, 0.15) is 0 Å². The lowest BCUT2D eigenvalue weighted by Gasteiger charge is -2.12. The van der Waals surface area contributed by atoms with Gasteiger partial charge in [-0.15, -0.1) is 6.42 Å². The van der Waals surface area contributed by atoms with Crippen molar-refractivity contribution in [3.05, 3.63) is 47.8 Å². The Morgan fingerprint density at radius 2 is 1.75 bits per heavy atom. The van der Waals surface area contributed by atoms with E-state index in [1.54, 1.807) is 31.2 Å². The molecular formula is C23H26N2O3. The second-order valence-electron chi connectivity index (χ2n) is 6.61. The smallest absolute Gasteiger partial charge is 0.338 e. The van der Waals surface area contributed by atoms with Crippen molar-refractivity contribution < 1.29 is 14.3 Å². The summed E-state index contributed by atoms with van der Waals surface area (Å²) in [6, 6.07) is 6.78. The Balaban J connectivity index is 1.99. The normalized spacial score (nSPS) is 11.5. The molecule has 0 aliphatic heterocycles. The van der Waals surface area contributed by atoms with Crippen molar-refractivity contribution in [2.45, 2.75) is 58.5 Å². The zero-order valence-corrected chi connectivity index (χ0v) is 16.5. The van der Waals surface area contributed by atoms with Crippen LogP contribution in [0.1, 0.15) is 61.9 Å². The van der Waals surface area contributed by atoms with Crippen LogP contribution in [0.2, 0.25) is 0 Å². The molecule has 1 heterocycles. The van der Waals surface area contributed by atoms with Crippen LogP contribution in [0.3, 0.4) is 0 Å². The first-order chi connectivity index (χ1) is 13.6. The fourth-order valence-electron chi connectivity index (χ4n) is 2.76. The van der Waals surface area contributed by atoms with Crippen molar-refractivity contribution in [1.29, 1.82) is 0 Å². The van der Waals surface area contributed by atoms with Crippen LogP contribution in [-0.4, -0.2) is 27.8 Å². The molecule has 2 aromatic rings. The van der Waals surface area contributed by atoms with E-state index >= 15 is 0 Å². The SMILES string of the molecule is C#CC(=O)C(CC)OC(=O)c1ccc(-c2ncc(CCCCCC)cn2)cc1. The van der Waals surface area contributed by atoms with Crippen molar-refractivity contribution in [3.63, 3.8) is 0 Å². The van der Waals surface area contributed by atoms with Gasteiger partial charge in [0.25, 0.3) is 0 Å². The molecule has 0 radical (unpaired) electrons. The number of ether oxygens (including phenoxy) is 1. The van der Waals surface area contributed by atoms with E-state index in [1.807, 2.05) is 18.3 Å². The monoisotopic (exact) mass is 378 g/mol. The molecule has 146 valence electrons. The molecule has 1 atom stereocenters. The van der Waals surface area contributed by atoms with Crippen LogP contribution in [0.5, 0.6) is 0 Å². The van der Waals surface area contributed by atoms with Crippen LogP contribution >= 0.6 is 0 Å². The first kappa shape index (κ1) is 21.3. The maximum absolute atomic E-state index is 12.2. The zero-order valence-electron chi connectivity index (χ0n) is 16.5. The summed E-state index contributed by atoms with van der Waals surface area (Å²) in [4.78, 5) is 32.6. The average molecular weight is 378 g/mol. The first-order valence-corrected chi connectivity index (χ1v) is 9.71. The van der Waals surface area contributed by atoms with Crippen LogP contribution in [0.4, 0.5) is 0 Å². The highest BCUT2D eigenvalue weighted by Crippen LogP contribution is 2.17. The van der Waals surface area contributed by atoms with Crippen molar-refractivity contribution in [2.24, 2.45) is 0 Å². The van der Waals surface area contributed by atoms with Gasteiger partial charge in [0.15, 0.2) is 11.9 Å². The predicted molar refractivity (Wildman–Crippen MR) is 109 cm³/mol.